The van der Waals surface area contributed by atoms with Crippen LogP contribution in [-0.4, -0.2) is 91.7 Å². The number of hydrogen-bond donors (Lipinski definition) is 3. The number of amides is 1. The van der Waals surface area contributed by atoms with Crippen LogP contribution in [0.1, 0.15) is 126 Å². The van der Waals surface area contributed by atoms with E-state index in [1.54, 1.807) is 12.5 Å². The van der Waals surface area contributed by atoms with E-state index >= 15 is 0 Å². The third kappa shape index (κ3) is 19.0. The molecule has 0 fully saturated rings. The second-order valence-corrected chi connectivity index (χ2v) is 15.2. The summed E-state index contributed by atoms with van der Waals surface area (Å²) < 4.78 is 22.7. The maximum Gasteiger partial charge on any atom is 0.303 e. The van der Waals surface area contributed by atoms with E-state index in [2.05, 4.69) is 59.9 Å². The minimum Gasteiger partial charge on any atom is -0.494 e. The van der Waals surface area contributed by atoms with Gasteiger partial charge in [-0.1, -0.05) is 71.2 Å². The fourth-order valence-electron chi connectivity index (χ4n) is 6.98. The van der Waals surface area contributed by atoms with Crippen molar-refractivity contribution in [2.24, 2.45) is 11.8 Å². The number of carboxylic acids is 1. The zero-order chi connectivity index (χ0) is 42.7. The first-order valence-corrected chi connectivity index (χ1v) is 21.6. The number of carbonyl (C=O) groups is 2. The molecular weight excluding hydrogens is 747 g/mol. The maximum absolute atomic E-state index is 13.3. The quantitative estimate of drug-likeness (QED) is 0.0506. The molecule has 0 radical (unpaired) electrons. The molecule has 0 bridgehead atoms. The Morgan fingerprint density at radius 1 is 0.814 bits per heavy atom. The molecule has 1 heterocycles. The van der Waals surface area contributed by atoms with Crippen molar-refractivity contribution in [2.75, 3.05) is 65.2 Å². The lowest BCUT2D eigenvalue weighted by Crippen LogP contribution is -2.35. The van der Waals surface area contributed by atoms with E-state index in [0.717, 1.165) is 79.8 Å². The Balaban J connectivity index is 1.29. The summed E-state index contributed by atoms with van der Waals surface area (Å²) >= 11 is 0. The third-order valence-electron chi connectivity index (χ3n) is 10.8. The van der Waals surface area contributed by atoms with E-state index in [9.17, 15) is 9.59 Å². The van der Waals surface area contributed by atoms with Crippen LogP contribution in [0.2, 0.25) is 0 Å². The Bertz CT molecular complexity index is 1610. The van der Waals surface area contributed by atoms with E-state index in [0.29, 0.717) is 76.6 Å². The largest absolute Gasteiger partial charge is 0.494 e. The maximum atomic E-state index is 13.3. The zero-order valence-electron chi connectivity index (χ0n) is 36.3. The number of carboxylic acid groups (broad SMARTS) is 1. The number of rotatable bonds is 33. The van der Waals surface area contributed by atoms with Crippen LogP contribution in [0.15, 0.2) is 79.4 Å². The van der Waals surface area contributed by atoms with Crippen molar-refractivity contribution in [3.05, 3.63) is 96.2 Å². The van der Waals surface area contributed by atoms with Gasteiger partial charge in [0.1, 0.15) is 12.1 Å². The van der Waals surface area contributed by atoms with Gasteiger partial charge < -0.3 is 39.6 Å². The molecule has 2 unspecified atom stereocenters. The predicted octanol–water partition coefficient (Wildman–Crippen LogP) is 9.27. The lowest BCUT2D eigenvalue weighted by atomic mass is 9.81. The summed E-state index contributed by atoms with van der Waals surface area (Å²) in [6, 6.07) is 17.4. The van der Waals surface area contributed by atoms with E-state index in [-0.39, 0.29) is 24.4 Å². The van der Waals surface area contributed by atoms with Gasteiger partial charge >= 0.3 is 5.97 Å². The van der Waals surface area contributed by atoms with Crippen LogP contribution in [0.25, 0.3) is 0 Å². The summed E-state index contributed by atoms with van der Waals surface area (Å²) in [5, 5.41) is 15.2. The minimum atomic E-state index is -0.745. The Hall–Kier alpha value is -4.52. The zero-order valence-corrected chi connectivity index (χ0v) is 36.3. The monoisotopic (exact) mass is 818 g/mol. The molecule has 1 amide bonds. The van der Waals surface area contributed by atoms with Crippen LogP contribution in [0, 0.1) is 11.8 Å². The van der Waals surface area contributed by atoms with Crippen molar-refractivity contribution in [1.82, 2.24) is 20.2 Å². The Morgan fingerprint density at radius 2 is 1.46 bits per heavy atom. The van der Waals surface area contributed by atoms with Gasteiger partial charge in [-0.3, -0.25) is 9.59 Å². The Labute approximate surface area is 353 Å². The van der Waals surface area contributed by atoms with Gasteiger partial charge in [-0.15, -0.1) is 0 Å². The number of ether oxygens (including phenoxy) is 4. The molecule has 1 aromatic heterocycles. The molecule has 4 atom stereocenters. The number of aliphatic carboxylic acids is 1. The summed E-state index contributed by atoms with van der Waals surface area (Å²) in [7, 11) is 2.09. The molecule has 326 valence electrons. The highest BCUT2D eigenvalue weighted by Gasteiger charge is 2.31. The van der Waals surface area contributed by atoms with Gasteiger partial charge in [0.25, 0.3) is 5.91 Å². The minimum absolute atomic E-state index is 0.0758. The van der Waals surface area contributed by atoms with Crippen molar-refractivity contribution >= 4 is 17.6 Å². The second-order valence-electron chi connectivity index (χ2n) is 15.2. The molecule has 12 nitrogen and oxygen atoms in total. The summed E-state index contributed by atoms with van der Waals surface area (Å²) in [5.41, 5.74) is 4.37. The van der Waals surface area contributed by atoms with Crippen LogP contribution in [-0.2, 0) is 19.0 Å². The van der Waals surface area contributed by atoms with Gasteiger partial charge in [0.05, 0.1) is 57.4 Å². The first-order valence-electron chi connectivity index (χ1n) is 21.6. The van der Waals surface area contributed by atoms with Gasteiger partial charge in [0, 0.05) is 49.8 Å². The van der Waals surface area contributed by atoms with Crippen LogP contribution in [0.3, 0.4) is 0 Å². The molecular formula is C47H71N5O7. The van der Waals surface area contributed by atoms with Gasteiger partial charge in [0.2, 0.25) is 0 Å². The van der Waals surface area contributed by atoms with Crippen molar-refractivity contribution in [2.45, 2.75) is 104 Å². The number of aromatic nitrogens is 2. The predicted molar refractivity (Wildman–Crippen MR) is 235 cm³/mol. The standard InChI is InChI=1S/C47H71N5O7/c1-7-36(3)43(8-2)46(44-24-25-48-35-50-44)52(6)37(4)34-49-41-18-16-17-40(33-41)47(55)51-38(5)39-20-22-42(23-21-39)59-28-15-10-9-13-26-56-29-31-58-32-30-57-27-14-11-12-19-45(53)54/h16-18,20-25,33,35-36,38,43,46,49H,4,7-15,19,26-32,34H2,1-3,5-6H3,(H,51,55)(H,53,54)/t36-,38-,43?,46?/m1/s1. The number of anilines is 1. The summed E-state index contributed by atoms with van der Waals surface area (Å²) in [6.45, 7) is 17.9. The average Bonchev–Trinajstić information content (AvgIpc) is 3.25. The van der Waals surface area contributed by atoms with Crippen LogP contribution in [0.5, 0.6) is 5.75 Å². The Kier molecular flexibility index (Phi) is 23.9. The third-order valence-corrected chi connectivity index (χ3v) is 10.8. The van der Waals surface area contributed by atoms with Crippen molar-refractivity contribution < 1.29 is 33.6 Å². The molecule has 0 saturated carbocycles. The number of nitrogens with one attached hydrogen (secondary N) is 2. The second kappa shape index (κ2) is 28.8. The van der Waals surface area contributed by atoms with Crippen molar-refractivity contribution in [3.63, 3.8) is 0 Å². The normalized spacial score (nSPS) is 13.2. The Morgan fingerprint density at radius 3 is 2.07 bits per heavy atom. The molecule has 3 aromatic rings. The highest BCUT2D eigenvalue weighted by Crippen LogP contribution is 2.37. The summed E-state index contributed by atoms with van der Waals surface area (Å²) in [6.07, 6.45) is 12.3. The van der Waals surface area contributed by atoms with E-state index in [1.807, 2.05) is 61.5 Å². The fourth-order valence-corrected chi connectivity index (χ4v) is 6.98. The van der Waals surface area contributed by atoms with E-state index in [1.165, 1.54) is 0 Å². The van der Waals surface area contributed by atoms with E-state index < -0.39 is 5.97 Å². The number of carbonyl (C=O) groups excluding carboxylic acids is 1. The SMILES string of the molecule is C=C(CNc1cccc(C(=O)N[C@H](C)c2ccc(OCCCCCCOCCOCCOCCCCCC(=O)O)cc2)c1)N(C)C(c1ccncn1)C(CC)[C@H](C)CC. The lowest BCUT2D eigenvalue weighted by molar-refractivity contribution is -0.137. The summed E-state index contributed by atoms with van der Waals surface area (Å²) in [4.78, 5) is 34.8. The molecule has 0 aliphatic heterocycles. The van der Waals surface area contributed by atoms with Gasteiger partial charge in [-0.05, 0) is 92.8 Å². The first-order chi connectivity index (χ1) is 28.6. The smallest absolute Gasteiger partial charge is 0.303 e. The van der Waals surface area contributed by atoms with E-state index in [4.69, 9.17) is 24.1 Å². The molecule has 0 aliphatic carbocycles. The summed E-state index contributed by atoms with van der Waals surface area (Å²) in [5.74, 6) is 0.854. The van der Waals surface area contributed by atoms with Crippen molar-refractivity contribution in [1.29, 1.82) is 0 Å². The molecule has 59 heavy (non-hydrogen) atoms. The van der Waals surface area contributed by atoms with Gasteiger partial charge in [-0.25, -0.2) is 9.97 Å². The lowest BCUT2D eigenvalue weighted by Gasteiger charge is -2.39. The molecule has 0 saturated heterocycles. The molecule has 3 N–H and O–H groups in total. The molecule has 12 heteroatoms. The van der Waals surface area contributed by atoms with Crippen LogP contribution < -0.4 is 15.4 Å². The van der Waals surface area contributed by atoms with Gasteiger partial charge in [0.15, 0.2) is 0 Å². The highest BCUT2D eigenvalue weighted by molar-refractivity contribution is 5.95. The van der Waals surface area contributed by atoms with Crippen LogP contribution in [0.4, 0.5) is 5.69 Å². The number of benzene rings is 2. The number of hydrogen-bond acceptors (Lipinski definition) is 10. The fraction of sp³-hybridized carbons (Fsp3) is 0.574. The molecule has 2 aromatic carbocycles. The number of likely N-dealkylation sites (N-methyl/N-ethyl adjacent to an activating group) is 1. The highest BCUT2D eigenvalue weighted by atomic mass is 16.5. The molecule has 0 spiro atoms. The number of unbranched alkanes of at least 4 members (excludes halogenated alkanes) is 5. The van der Waals surface area contributed by atoms with Crippen LogP contribution >= 0.6 is 0 Å². The average molecular weight is 818 g/mol. The van der Waals surface area contributed by atoms with Crippen molar-refractivity contribution in [3.8, 4) is 5.75 Å². The molecule has 0 aliphatic rings. The molecule has 3 rings (SSSR count). The van der Waals surface area contributed by atoms with Gasteiger partial charge in [-0.2, -0.15) is 0 Å². The number of nitrogens with zero attached hydrogens (tertiary/aromatic N) is 3. The topological polar surface area (TPSA) is 144 Å². The first kappa shape index (κ1) is 48.8.